The van der Waals surface area contributed by atoms with E-state index in [0.29, 0.717) is 0 Å². The highest BCUT2D eigenvalue weighted by Gasteiger charge is 2.28. The Hall–Kier alpha value is -1.93. The van der Waals surface area contributed by atoms with Crippen molar-refractivity contribution in [3.8, 4) is 11.1 Å². The number of hydrogen-bond acceptors (Lipinski definition) is 2. The number of carbonyl (C=O) groups excluding carboxylic acids is 1. The molecule has 0 bridgehead atoms. The van der Waals surface area contributed by atoms with Crippen LogP contribution in [0.3, 0.4) is 0 Å². The highest BCUT2D eigenvalue weighted by Crippen LogP contribution is 2.44. The standard InChI is InChI=1S/C15H12O2/c16-9-10-17-15-13-7-3-1-5-11(13)12-6-2-4-8-14(12)15/h1-9,15H,10H2. The van der Waals surface area contributed by atoms with Crippen LogP contribution in [0.4, 0.5) is 0 Å². The zero-order chi connectivity index (χ0) is 11.7. The summed E-state index contributed by atoms with van der Waals surface area (Å²) in [6, 6.07) is 16.4. The maximum Gasteiger partial charge on any atom is 0.145 e. The number of hydrogen-bond donors (Lipinski definition) is 0. The van der Waals surface area contributed by atoms with E-state index in [-0.39, 0.29) is 12.7 Å². The Bertz CT molecular complexity index is 515. The average molecular weight is 224 g/mol. The molecule has 0 radical (unpaired) electrons. The molecule has 0 aromatic heterocycles. The van der Waals surface area contributed by atoms with Crippen LogP contribution in [-0.2, 0) is 9.53 Å². The quantitative estimate of drug-likeness (QED) is 0.749. The molecule has 0 spiro atoms. The Morgan fingerprint density at radius 3 is 2.00 bits per heavy atom. The summed E-state index contributed by atoms with van der Waals surface area (Å²) in [6.07, 6.45) is 0.691. The van der Waals surface area contributed by atoms with Gasteiger partial charge in [0.15, 0.2) is 0 Å². The van der Waals surface area contributed by atoms with E-state index in [1.165, 1.54) is 11.1 Å². The van der Waals surface area contributed by atoms with Crippen LogP contribution >= 0.6 is 0 Å². The lowest BCUT2D eigenvalue weighted by atomic mass is 10.1. The first-order valence-corrected chi connectivity index (χ1v) is 5.65. The number of rotatable bonds is 3. The summed E-state index contributed by atoms with van der Waals surface area (Å²) in [5.41, 5.74) is 4.71. The Balaban J connectivity index is 2.13. The van der Waals surface area contributed by atoms with Gasteiger partial charge in [-0.2, -0.15) is 0 Å². The van der Waals surface area contributed by atoms with Crippen LogP contribution in [0.5, 0.6) is 0 Å². The topological polar surface area (TPSA) is 26.3 Å². The molecule has 0 saturated carbocycles. The summed E-state index contributed by atoms with van der Waals surface area (Å²) in [6.45, 7) is 0.132. The predicted octanol–water partition coefficient (Wildman–Crippen LogP) is 2.97. The zero-order valence-electron chi connectivity index (χ0n) is 9.30. The van der Waals surface area contributed by atoms with Crippen LogP contribution in [0.25, 0.3) is 11.1 Å². The smallest absolute Gasteiger partial charge is 0.145 e. The number of ether oxygens (including phenoxy) is 1. The van der Waals surface area contributed by atoms with Crippen molar-refractivity contribution in [3.05, 3.63) is 59.7 Å². The van der Waals surface area contributed by atoms with E-state index in [9.17, 15) is 4.79 Å². The van der Waals surface area contributed by atoms with E-state index < -0.39 is 0 Å². The molecule has 0 heterocycles. The minimum atomic E-state index is -0.104. The first kappa shape index (κ1) is 10.2. The van der Waals surface area contributed by atoms with Gasteiger partial charge >= 0.3 is 0 Å². The average Bonchev–Trinajstić information content (AvgIpc) is 2.71. The molecule has 0 saturated heterocycles. The van der Waals surface area contributed by atoms with Gasteiger partial charge in [-0.05, 0) is 22.3 Å². The minimum Gasteiger partial charge on any atom is -0.361 e. The number of aldehydes is 1. The van der Waals surface area contributed by atoms with Gasteiger partial charge in [0.2, 0.25) is 0 Å². The first-order chi connectivity index (χ1) is 8.42. The van der Waals surface area contributed by atoms with Crippen molar-refractivity contribution < 1.29 is 9.53 Å². The van der Waals surface area contributed by atoms with Crippen molar-refractivity contribution in [2.45, 2.75) is 6.10 Å². The van der Waals surface area contributed by atoms with E-state index in [0.717, 1.165) is 17.4 Å². The third-order valence-electron chi connectivity index (χ3n) is 3.11. The second-order valence-electron chi connectivity index (χ2n) is 4.05. The summed E-state index contributed by atoms with van der Waals surface area (Å²) in [7, 11) is 0. The van der Waals surface area contributed by atoms with Crippen molar-refractivity contribution in [1.82, 2.24) is 0 Å². The van der Waals surface area contributed by atoms with Crippen LogP contribution in [0, 0.1) is 0 Å². The first-order valence-electron chi connectivity index (χ1n) is 5.65. The predicted molar refractivity (Wildman–Crippen MR) is 65.7 cm³/mol. The monoisotopic (exact) mass is 224 g/mol. The Kier molecular flexibility index (Phi) is 2.50. The van der Waals surface area contributed by atoms with Crippen molar-refractivity contribution >= 4 is 6.29 Å². The summed E-state index contributed by atoms with van der Waals surface area (Å²) < 4.78 is 5.64. The van der Waals surface area contributed by atoms with Gasteiger partial charge in [-0.25, -0.2) is 0 Å². The van der Waals surface area contributed by atoms with Gasteiger partial charge in [-0.15, -0.1) is 0 Å². The van der Waals surface area contributed by atoms with Crippen LogP contribution in [0.2, 0.25) is 0 Å². The SMILES string of the molecule is O=CCOC1c2ccccc2-c2ccccc21. The lowest BCUT2D eigenvalue weighted by molar-refractivity contribution is -0.113. The zero-order valence-corrected chi connectivity index (χ0v) is 9.30. The van der Waals surface area contributed by atoms with E-state index >= 15 is 0 Å². The fourth-order valence-corrected chi connectivity index (χ4v) is 2.42. The Morgan fingerprint density at radius 1 is 0.941 bits per heavy atom. The molecular formula is C15H12O2. The number of carbonyl (C=O) groups is 1. The summed E-state index contributed by atoms with van der Waals surface area (Å²) >= 11 is 0. The lowest BCUT2D eigenvalue weighted by Crippen LogP contribution is -2.04. The molecular weight excluding hydrogens is 212 g/mol. The second-order valence-corrected chi connectivity index (χ2v) is 4.05. The molecule has 2 heteroatoms. The fourth-order valence-electron chi connectivity index (χ4n) is 2.42. The van der Waals surface area contributed by atoms with Gasteiger partial charge in [0.1, 0.15) is 19.0 Å². The van der Waals surface area contributed by atoms with Crippen LogP contribution in [0.1, 0.15) is 17.2 Å². The third kappa shape index (κ3) is 1.58. The molecule has 17 heavy (non-hydrogen) atoms. The summed E-state index contributed by atoms with van der Waals surface area (Å²) in [5.74, 6) is 0. The summed E-state index contributed by atoms with van der Waals surface area (Å²) in [4.78, 5) is 10.5. The molecule has 0 atom stereocenters. The molecule has 2 aromatic rings. The molecule has 0 fully saturated rings. The highest BCUT2D eigenvalue weighted by atomic mass is 16.5. The highest BCUT2D eigenvalue weighted by molar-refractivity contribution is 5.78. The number of benzene rings is 2. The normalized spacial score (nSPS) is 13.2. The maximum absolute atomic E-state index is 10.5. The molecule has 2 nitrogen and oxygen atoms in total. The van der Waals surface area contributed by atoms with Gasteiger partial charge < -0.3 is 9.53 Å². The van der Waals surface area contributed by atoms with E-state index in [1.54, 1.807) is 0 Å². The molecule has 0 unspecified atom stereocenters. The van der Waals surface area contributed by atoms with E-state index in [1.807, 2.05) is 24.3 Å². The molecule has 3 rings (SSSR count). The Morgan fingerprint density at radius 2 is 1.47 bits per heavy atom. The van der Waals surface area contributed by atoms with Crippen molar-refractivity contribution in [2.24, 2.45) is 0 Å². The lowest BCUT2D eigenvalue weighted by Gasteiger charge is -2.12. The number of fused-ring (bicyclic) bond motifs is 3. The minimum absolute atomic E-state index is 0.104. The fraction of sp³-hybridized carbons (Fsp3) is 0.133. The largest absolute Gasteiger partial charge is 0.361 e. The molecule has 0 amide bonds. The van der Waals surface area contributed by atoms with Gasteiger partial charge in [0.05, 0.1) is 0 Å². The molecule has 0 N–H and O–H groups in total. The molecule has 1 aliphatic carbocycles. The van der Waals surface area contributed by atoms with Gasteiger partial charge in [0, 0.05) is 0 Å². The molecule has 84 valence electrons. The third-order valence-corrected chi connectivity index (χ3v) is 3.11. The van der Waals surface area contributed by atoms with Crippen molar-refractivity contribution in [2.75, 3.05) is 6.61 Å². The Labute approximate surface area is 99.9 Å². The second kappa shape index (κ2) is 4.15. The van der Waals surface area contributed by atoms with E-state index in [2.05, 4.69) is 24.3 Å². The van der Waals surface area contributed by atoms with E-state index in [4.69, 9.17) is 4.74 Å². The van der Waals surface area contributed by atoms with Crippen LogP contribution in [-0.4, -0.2) is 12.9 Å². The van der Waals surface area contributed by atoms with Crippen LogP contribution < -0.4 is 0 Å². The van der Waals surface area contributed by atoms with Gasteiger partial charge in [-0.3, -0.25) is 0 Å². The van der Waals surface area contributed by atoms with Gasteiger partial charge in [-0.1, -0.05) is 48.5 Å². The van der Waals surface area contributed by atoms with Gasteiger partial charge in [0.25, 0.3) is 0 Å². The maximum atomic E-state index is 10.5. The van der Waals surface area contributed by atoms with Crippen molar-refractivity contribution in [1.29, 1.82) is 0 Å². The molecule has 1 aliphatic rings. The van der Waals surface area contributed by atoms with Crippen LogP contribution in [0.15, 0.2) is 48.5 Å². The molecule has 2 aromatic carbocycles. The van der Waals surface area contributed by atoms with Crippen molar-refractivity contribution in [3.63, 3.8) is 0 Å². The molecule has 0 aliphatic heterocycles. The summed E-state index contributed by atoms with van der Waals surface area (Å²) in [5, 5.41) is 0.